The van der Waals surface area contributed by atoms with Gasteiger partial charge in [0.2, 0.25) is 0 Å². The van der Waals surface area contributed by atoms with Crippen LogP contribution in [-0.2, 0) is 13.0 Å². The zero-order valence-electron chi connectivity index (χ0n) is 13.4. The number of aryl methyl sites for hydroxylation is 1. The van der Waals surface area contributed by atoms with Crippen LogP contribution in [0.3, 0.4) is 0 Å². The molecule has 1 aromatic heterocycles. The third-order valence-electron chi connectivity index (χ3n) is 4.66. The number of aromatic nitrogens is 1. The van der Waals surface area contributed by atoms with E-state index in [1.54, 1.807) is 0 Å². The molecule has 3 rings (SSSR count). The molecule has 1 aromatic carbocycles. The maximum absolute atomic E-state index is 11.9. The fourth-order valence-corrected chi connectivity index (χ4v) is 4.07. The minimum absolute atomic E-state index is 0.0502. The lowest BCUT2D eigenvalue weighted by atomic mass is 10.0. The molecule has 1 N–H and O–H groups in total. The van der Waals surface area contributed by atoms with Gasteiger partial charge in [-0.3, -0.25) is 9.69 Å². The highest BCUT2D eigenvalue weighted by Crippen LogP contribution is 2.27. The van der Waals surface area contributed by atoms with Crippen LogP contribution in [-0.4, -0.2) is 22.5 Å². The van der Waals surface area contributed by atoms with Gasteiger partial charge in [-0.2, -0.15) is 0 Å². The third kappa shape index (κ3) is 3.33. The number of aromatic amines is 1. The van der Waals surface area contributed by atoms with Crippen LogP contribution in [0.5, 0.6) is 0 Å². The van der Waals surface area contributed by atoms with E-state index in [0.29, 0.717) is 6.04 Å². The second-order valence-electron chi connectivity index (χ2n) is 6.18. The lowest BCUT2D eigenvalue weighted by molar-refractivity contribution is 0.154. The Kier molecular flexibility index (Phi) is 4.79. The molecule has 1 saturated heterocycles. The fraction of sp³-hybridized carbons (Fsp3) is 0.500. The van der Waals surface area contributed by atoms with Crippen molar-refractivity contribution < 1.29 is 0 Å². The Morgan fingerprint density at radius 2 is 2.05 bits per heavy atom. The van der Waals surface area contributed by atoms with Crippen molar-refractivity contribution in [3.05, 3.63) is 44.4 Å². The predicted octanol–water partition coefficient (Wildman–Crippen LogP) is 4.04. The van der Waals surface area contributed by atoms with Crippen molar-refractivity contribution in [3.8, 4) is 11.3 Å². The first-order valence-electron chi connectivity index (χ1n) is 8.22. The van der Waals surface area contributed by atoms with E-state index < -0.39 is 0 Å². The topological polar surface area (TPSA) is 36.1 Å². The van der Waals surface area contributed by atoms with E-state index in [1.165, 1.54) is 41.0 Å². The number of H-pyrrole nitrogens is 1. The second kappa shape index (κ2) is 6.80. The zero-order valence-corrected chi connectivity index (χ0v) is 14.2. The molecule has 1 atom stereocenters. The van der Waals surface area contributed by atoms with E-state index in [2.05, 4.69) is 48.0 Å². The van der Waals surface area contributed by atoms with Crippen molar-refractivity contribution in [1.29, 1.82) is 0 Å². The third-order valence-corrected chi connectivity index (χ3v) is 5.53. The summed E-state index contributed by atoms with van der Waals surface area (Å²) in [5.74, 6) is 0. The molecule has 1 fully saturated rings. The molecular weight excluding hydrogens is 292 g/mol. The van der Waals surface area contributed by atoms with Crippen LogP contribution in [0.2, 0.25) is 0 Å². The lowest BCUT2D eigenvalue weighted by Gasteiger charge is -2.33. The van der Waals surface area contributed by atoms with Gasteiger partial charge in [0.1, 0.15) is 0 Å². The quantitative estimate of drug-likeness (QED) is 0.924. The van der Waals surface area contributed by atoms with Gasteiger partial charge in [0.05, 0.1) is 5.69 Å². The number of hydrogen-bond donors (Lipinski definition) is 1. The van der Waals surface area contributed by atoms with Crippen LogP contribution in [0.1, 0.15) is 43.6 Å². The van der Waals surface area contributed by atoms with Gasteiger partial charge < -0.3 is 4.98 Å². The van der Waals surface area contributed by atoms with Crippen LogP contribution in [0.25, 0.3) is 11.3 Å². The fourth-order valence-electron chi connectivity index (χ4n) is 3.19. The number of likely N-dealkylation sites (tertiary alicyclic amines) is 1. The maximum atomic E-state index is 11.9. The van der Waals surface area contributed by atoms with E-state index in [9.17, 15) is 4.79 Å². The molecule has 2 heterocycles. The number of piperidine rings is 1. The van der Waals surface area contributed by atoms with Gasteiger partial charge in [0.25, 0.3) is 0 Å². The summed E-state index contributed by atoms with van der Waals surface area (Å²) in [6.45, 7) is 6.48. The number of benzene rings is 1. The Labute approximate surface area is 136 Å². The SMILES string of the molecule is CCc1ccc(-c2[nH]c(=O)sc2CN2CCCCC2C)cc1. The molecule has 0 saturated carbocycles. The smallest absolute Gasteiger partial charge is 0.305 e. The molecule has 1 aliphatic rings. The lowest BCUT2D eigenvalue weighted by Crippen LogP contribution is -2.36. The summed E-state index contributed by atoms with van der Waals surface area (Å²) in [4.78, 5) is 18.6. The molecule has 1 aliphatic heterocycles. The van der Waals surface area contributed by atoms with E-state index in [1.807, 2.05) is 0 Å². The highest BCUT2D eigenvalue weighted by molar-refractivity contribution is 7.09. The molecule has 0 spiro atoms. The number of nitrogens with zero attached hydrogens (tertiary/aromatic N) is 1. The Hall–Kier alpha value is -1.39. The van der Waals surface area contributed by atoms with Gasteiger partial charge in [0.15, 0.2) is 0 Å². The van der Waals surface area contributed by atoms with Crippen molar-refractivity contribution in [2.45, 2.75) is 52.1 Å². The normalized spacial score (nSPS) is 19.5. The molecule has 1 unspecified atom stereocenters. The van der Waals surface area contributed by atoms with E-state index in [0.717, 1.165) is 30.8 Å². The molecule has 0 aliphatic carbocycles. The van der Waals surface area contributed by atoms with Gasteiger partial charge in [-0.05, 0) is 43.9 Å². The summed E-state index contributed by atoms with van der Waals surface area (Å²) >= 11 is 1.36. The van der Waals surface area contributed by atoms with Crippen molar-refractivity contribution in [1.82, 2.24) is 9.88 Å². The van der Waals surface area contributed by atoms with Crippen LogP contribution in [0, 0.1) is 0 Å². The zero-order chi connectivity index (χ0) is 15.5. The Balaban J connectivity index is 1.87. The van der Waals surface area contributed by atoms with Crippen molar-refractivity contribution in [3.63, 3.8) is 0 Å². The minimum Gasteiger partial charge on any atom is -0.312 e. The Bertz CT molecular complexity index is 671. The van der Waals surface area contributed by atoms with Gasteiger partial charge >= 0.3 is 4.87 Å². The maximum Gasteiger partial charge on any atom is 0.305 e. The van der Waals surface area contributed by atoms with Crippen LogP contribution < -0.4 is 4.87 Å². The Morgan fingerprint density at radius 1 is 1.27 bits per heavy atom. The number of nitrogens with one attached hydrogen (secondary N) is 1. The standard InChI is InChI=1S/C18H24N2OS/c1-3-14-7-9-15(10-8-14)17-16(22-18(21)19-17)12-20-11-5-4-6-13(20)2/h7-10,13H,3-6,11-12H2,1-2H3,(H,19,21). The summed E-state index contributed by atoms with van der Waals surface area (Å²) in [6, 6.07) is 9.17. The molecule has 0 radical (unpaired) electrons. The average molecular weight is 316 g/mol. The molecule has 4 heteroatoms. The van der Waals surface area contributed by atoms with E-state index in [-0.39, 0.29) is 4.87 Å². The van der Waals surface area contributed by atoms with Crippen LogP contribution >= 0.6 is 11.3 Å². The van der Waals surface area contributed by atoms with Crippen molar-refractivity contribution in [2.24, 2.45) is 0 Å². The first kappa shape index (κ1) is 15.5. The van der Waals surface area contributed by atoms with E-state index >= 15 is 0 Å². The first-order valence-corrected chi connectivity index (χ1v) is 9.04. The molecular formula is C18H24N2OS. The van der Waals surface area contributed by atoms with E-state index in [4.69, 9.17) is 0 Å². The van der Waals surface area contributed by atoms with Gasteiger partial charge in [-0.25, -0.2) is 0 Å². The largest absolute Gasteiger partial charge is 0.312 e. The van der Waals surface area contributed by atoms with Crippen LogP contribution in [0.15, 0.2) is 29.1 Å². The van der Waals surface area contributed by atoms with Gasteiger partial charge in [-0.1, -0.05) is 48.9 Å². The van der Waals surface area contributed by atoms with Crippen molar-refractivity contribution in [2.75, 3.05) is 6.54 Å². The number of thiazole rings is 1. The molecule has 118 valence electrons. The van der Waals surface area contributed by atoms with Crippen LogP contribution in [0.4, 0.5) is 0 Å². The highest BCUT2D eigenvalue weighted by Gasteiger charge is 2.21. The van der Waals surface area contributed by atoms with Crippen molar-refractivity contribution >= 4 is 11.3 Å². The molecule has 22 heavy (non-hydrogen) atoms. The molecule has 3 nitrogen and oxygen atoms in total. The molecule has 0 bridgehead atoms. The first-order chi connectivity index (χ1) is 10.7. The summed E-state index contributed by atoms with van der Waals surface area (Å²) in [5, 5.41) is 0. The molecule has 2 aromatic rings. The predicted molar refractivity (Wildman–Crippen MR) is 93.5 cm³/mol. The number of rotatable bonds is 4. The monoisotopic (exact) mass is 316 g/mol. The average Bonchev–Trinajstić information content (AvgIpc) is 2.90. The minimum atomic E-state index is 0.0502. The summed E-state index contributed by atoms with van der Waals surface area (Å²) in [5.41, 5.74) is 3.46. The second-order valence-corrected chi connectivity index (χ2v) is 7.25. The molecule has 0 amide bonds. The summed E-state index contributed by atoms with van der Waals surface area (Å²) < 4.78 is 0. The van der Waals surface area contributed by atoms with Gasteiger partial charge in [0, 0.05) is 17.5 Å². The highest BCUT2D eigenvalue weighted by atomic mass is 32.1. The number of hydrogen-bond acceptors (Lipinski definition) is 3. The summed E-state index contributed by atoms with van der Waals surface area (Å²) in [6.07, 6.45) is 4.90. The van der Waals surface area contributed by atoms with Gasteiger partial charge in [-0.15, -0.1) is 0 Å². The Morgan fingerprint density at radius 3 is 2.73 bits per heavy atom. The summed E-state index contributed by atoms with van der Waals surface area (Å²) in [7, 11) is 0.